The molecule has 3 aromatic rings. The molecule has 3 rings (SSSR count). The Morgan fingerprint density at radius 2 is 1.92 bits per heavy atom. The van der Waals surface area contributed by atoms with Crippen LogP contribution in [0.2, 0.25) is 0 Å². The van der Waals surface area contributed by atoms with Crippen LogP contribution in [0.4, 0.5) is 4.39 Å². The van der Waals surface area contributed by atoms with Gasteiger partial charge in [0.1, 0.15) is 5.82 Å². The van der Waals surface area contributed by atoms with Gasteiger partial charge in [-0.3, -0.25) is 0 Å². The number of halogens is 1. The average molecular weight is 353 g/mol. The molecule has 0 spiro atoms. The number of hydrogen-bond donors (Lipinski definition) is 2. The normalized spacial score (nSPS) is 11.7. The van der Waals surface area contributed by atoms with E-state index < -0.39 is 0 Å². The Labute approximate surface area is 153 Å². The predicted octanol–water partition coefficient (Wildman–Crippen LogP) is 3.32. The summed E-state index contributed by atoms with van der Waals surface area (Å²) in [4.78, 5) is 8.96. The van der Waals surface area contributed by atoms with Crippen LogP contribution in [0.3, 0.4) is 0 Å². The molecule has 26 heavy (non-hydrogen) atoms. The summed E-state index contributed by atoms with van der Waals surface area (Å²) < 4.78 is 15.1. The Balaban J connectivity index is 1.50. The monoisotopic (exact) mass is 353 g/mol. The zero-order chi connectivity index (χ0) is 18.2. The van der Waals surface area contributed by atoms with Crippen LogP contribution in [0.25, 0.3) is 11.0 Å². The third kappa shape index (κ3) is 4.81. The molecule has 2 aromatic carbocycles. The molecule has 136 valence electrons. The number of nitrogens with one attached hydrogen (secondary N) is 2. The second kappa shape index (κ2) is 8.99. The first-order chi connectivity index (χ1) is 12.8. The van der Waals surface area contributed by atoms with E-state index in [4.69, 9.17) is 0 Å². The van der Waals surface area contributed by atoms with Gasteiger partial charge in [-0.15, -0.1) is 0 Å². The van der Waals surface area contributed by atoms with Gasteiger partial charge in [0.15, 0.2) is 5.96 Å². The molecular weight excluding hydrogens is 329 g/mol. The summed E-state index contributed by atoms with van der Waals surface area (Å²) in [6, 6.07) is 14.6. The van der Waals surface area contributed by atoms with Crippen LogP contribution >= 0.6 is 0 Å². The van der Waals surface area contributed by atoms with Crippen molar-refractivity contribution in [2.75, 3.05) is 13.1 Å². The number of aliphatic imine (C=N–C) groups is 1. The van der Waals surface area contributed by atoms with Crippen molar-refractivity contribution in [3.8, 4) is 0 Å². The van der Waals surface area contributed by atoms with Gasteiger partial charge in [0.05, 0.1) is 23.9 Å². The highest BCUT2D eigenvalue weighted by Gasteiger charge is 2.02. The van der Waals surface area contributed by atoms with E-state index in [1.54, 1.807) is 12.1 Å². The first-order valence-electron chi connectivity index (χ1n) is 8.93. The fraction of sp³-hybridized carbons (Fsp3) is 0.300. The molecule has 0 saturated heterocycles. The number of fused-ring (bicyclic) bond motifs is 1. The highest BCUT2D eigenvalue weighted by Crippen LogP contribution is 2.11. The summed E-state index contributed by atoms with van der Waals surface area (Å²) in [6.07, 6.45) is 2.85. The summed E-state index contributed by atoms with van der Waals surface area (Å²) in [6.45, 7) is 5.04. The Hall–Kier alpha value is -2.89. The molecule has 0 radical (unpaired) electrons. The highest BCUT2D eigenvalue weighted by molar-refractivity contribution is 5.79. The quantitative estimate of drug-likeness (QED) is 0.389. The maximum absolute atomic E-state index is 13.0. The van der Waals surface area contributed by atoms with E-state index in [1.165, 1.54) is 12.1 Å². The minimum Gasteiger partial charge on any atom is -0.357 e. The van der Waals surface area contributed by atoms with Gasteiger partial charge in [0.2, 0.25) is 0 Å². The smallest absolute Gasteiger partial charge is 0.191 e. The molecule has 0 aliphatic rings. The molecule has 2 N–H and O–H groups in total. The Kier molecular flexibility index (Phi) is 6.19. The van der Waals surface area contributed by atoms with Crippen molar-refractivity contribution in [2.24, 2.45) is 4.99 Å². The SMILES string of the molecule is CCNC(=NCc1ccc(F)cc1)NCCCn1cnc2ccccc21. The highest BCUT2D eigenvalue weighted by atomic mass is 19.1. The molecule has 0 atom stereocenters. The lowest BCUT2D eigenvalue weighted by Crippen LogP contribution is -2.38. The molecule has 6 heteroatoms. The van der Waals surface area contributed by atoms with Crippen molar-refractivity contribution in [1.29, 1.82) is 0 Å². The van der Waals surface area contributed by atoms with Crippen LogP contribution in [-0.4, -0.2) is 28.6 Å². The van der Waals surface area contributed by atoms with Crippen molar-refractivity contribution < 1.29 is 4.39 Å². The number of hydrogen-bond acceptors (Lipinski definition) is 2. The van der Waals surface area contributed by atoms with E-state index in [-0.39, 0.29) is 5.82 Å². The lowest BCUT2D eigenvalue weighted by molar-refractivity contribution is 0.627. The van der Waals surface area contributed by atoms with Gasteiger partial charge in [0.25, 0.3) is 0 Å². The largest absolute Gasteiger partial charge is 0.357 e. The van der Waals surface area contributed by atoms with Crippen LogP contribution in [0.15, 0.2) is 59.9 Å². The van der Waals surface area contributed by atoms with E-state index in [2.05, 4.69) is 31.2 Å². The number of rotatable bonds is 7. The Morgan fingerprint density at radius 3 is 2.73 bits per heavy atom. The number of benzene rings is 2. The number of guanidine groups is 1. The van der Waals surface area contributed by atoms with E-state index in [9.17, 15) is 4.39 Å². The zero-order valence-electron chi connectivity index (χ0n) is 15.0. The van der Waals surface area contributed by atoms with Crippen molar-refractivity contribution >= 4 is 17.0 Å². The van der Waals surface area contributed by atoms with Crippen LogP contribution in [-0.2, 0) is 13.1 Å². The summed E-state index contributed by atoms with van der Waals surface area (Å²) in [7, 11) is 0. The summed E-state index contributed by atoms with van der Waals surface area (Å²) in [5.74, 6) is 0.544. The number of nitrogens with zero attached hydrogens (tertiary/aromatic N) is 3. The first kappa shape index (κ1) is 17.9. The zero-order valence-corrected chi connectivity index (χ0v) is 15.0. The molecule has 0 aliphatic heterocycles. The van der Waals surface area contributed by atoms with Gasteiger partial charge in [-0.1, -0.05) is 24.3 Å². The molecule has 0 aliphatic carbocycles. The standard InChI is InChI=1S/C20H24FN5/c1-2-22-20(24-14-16-8-10-17(21)11-9-16)23-12-5-13-26-15-25-18-6-3-4-7-19(18)26/h3-4,6-11,15H,2,5,12-14H2,1H3,(H2,22,23,24). The summed E-state index contributed by atoms with van der Waals surface area (Å²) >= 11 is 0. The molecule has 0 fully saturated rings. The van der Waals surface area contributed by atoms with Gasteiger partial charge in [-0.05, 0) is 43.2 Å². The third-order valence-corrected chi connectivity index (χ3v) is 4.07. The molecule has 5 nitrogen and oxygen atoms in total. The molecule has 0 saturated carbocycles. The topological polar surface area (TPSA) is 54.2 Å². The van der Waals surface area contributed by atoms with Crippen molar-refractivity contribution in [2.45, 2.75) is 26.4 Å². The minimum atomic E-state index is -0.227. The van der Waals surface area contributed by atoms with E-state index in [0.717, 1.165) is 48.6 Å². The molecule has 1 heterocycles. The maximum atomic E-state index is 13.0. The molecule has 1 aromatic heterocycles. The second-order valence-corrected chi connectivity index (χ2v) is 6.03. The van der Waals surface area contributed by atoms with E-state index in [0.29, 0.717) is 6.54 Å². The number of aromatic nitrogens is 2. The molecule has 0 bridgehead atoms. The summed E-state index contributed by atoms with van der Waals surface area (Å²) in [5, 5.41) is 6.58. The molecule has 0 unspecified atom stereocenters. The Bertz CT molecular complexity index is 854. The average Bonchev–Trinajstić information content (AvgIpc) is 3.07. The van der Waals surface area contributed by atoms with Crippen molar-refractivity contribution in [3.63, 3.8) is 0 Å². The van der Waals surface area contributed by atoms with Gasteiger partial charge in [-0.2, -0.15) is 0 Å². The number of aryl methyl sites for hydroxylation is 1. The first-order valence-corrected chi connectivity index (χ1v) is 8.93. The molecular formula is C20H24FN5. The lowest BCUT2D eigenvalue weighted by atomic mass is 10.2. The van der Waals surface area contributed by atoms with Crippen LogP contribution in [0, 0.1) is 5.82 Å². The fourth-order valence-corrected chi connectivity index (χ4v) is 2.75. The van der Waals surface area contributed by atoms with E-state index >= 15 is 0 Å². The summed E-state index contributed by atoms with van der Waals surface area (Å²) in [5.41, 5.74) is 3.16. The molecule has 0 amide bonds. The third-order valence-electron chi connectivity index (χ3n) is 4.07. The van der Waals surface area contributed by atoms with Gasteiger partial charge in [0, 0.05) is 19.6 Å². The van der Waals surface area contributed by atoms with Crippen LogP contribution in [0.5, 0.6) is 0 Å². The minimum absolute atomic E-state index is 0.227. The number of imidazole rings is 1. The lowest BCUT2D eigenvalue weighted by Gasteiger charge is -2.11. The van der Waals surface area contributed by atoms with Crippen LogP contribution < -0.4 is 10.6 Å². The van der Waals surface area contributed by atoms with Crippen molar-refractivity contribution in [1.82, 2.24) is 20.2 Å². The Morgan fingerprint density at radius 1 is 1.12 bits per heavy atom. The van der Waals surface area contributed by atoms with Gasteiger partial charge < -0.3 is 15.2 Å². The number of para-hydroxylation sites is 2. The van der Waals surface area contributed by atoms with Gasteiger partial charge in [-0.25, -0.2) is 14.4 Å². The fourth-order valence-electron chi connectivity index (χ4n) is 2.75. The predicted molar refractivity (Wildman–Crippen MR) is 104 cm³/mol. The van der Waals surface area contributed by atoms with Crippen molar-refractivity contribution in [3.05, 3.63) is 66.2 Å². The maximum Gasteiger partial charge on any atom is 0.191 e. The van der Waals surface area contributed by atoms with Gasteiger partial charge >= 0.3 is 0 Å². The van der Waals surface area contributed by atoms with E-state index in [1.807, 2.05) is 31.5 Å². The van der Waals surface area contributed by atoms with Crippen LogP contribution in [0.1, 0.15) is 18.9 Å². The second-order valence-electron chi connectivity index (χ2n) is 6.03.